The number of aromatic nitrogens is 5. The highest BCUT2D eigenvalue weighted by Gasteiger charge is 2.50. The fourth-order valence-electron chi connectivity index (χ4n) is 5.30. The minimum Gasteiger partial charge on any atom is -0.338 e. The average Bonchev–Trinajstić information content (AvgIpc) is 3.81. The van der Waals surface area contributed by atoms with Gasteiger partial charge in [0.15, 0.2) is 0 Å². The van der Waals surface area contributed by atoms with E-state index in [1.54, 1.807) is 41.9 Å². The second-order valence-electron chi connectivity index (χ2n) is 10.7. The summed E-state index contributed by atoms with van der Waals surface area (Å²) in [6.07, 6.45) is 5.84. The highest BCUT2D eigenvalue weighted by Crippen LogP contribution is 2.51. The van der Waals surface area contributed by atoms with Gasteiger partial charge in [0.05, 0.1) is 5.69 Å². The monoisotopic (exact) mass is 541 g/mol. The first-order valence-electron chi connectivity index (χ1n) is 13.0. The quantitative estimate of drug-likeness (QED) is 0.397. The van der Waals surface area contributed by atoms with Crippen molar-refractivity contribution in [1.82, 2.24) is 30.0 Å². The highest BCUT2D eigenvalue weighted by atomic mass is 35.5. The van der Waals surface area contributed by atoms with Crippen molar-refractivity contribution in [3.05, 3.63) is 56.9 Å². The average molecular weight is 542 g/mol. The molecular formula is C26H32ClN7O4. The van der Waals surface area contributed by atoms with Crippen LogP contribution < -0.4 is 10.9 Å². The zero-order chi connectivity index (χ0) is 27.1. The van der Waals surface area contributed by atoms with Crippen LogP contribution in [0.1, 0.15) is 80.2 Å². The Balaban J connectivity index is 1.39. The molecule has 0 bridgehead atoms. The number of nitrogens with zero attached hydrogens (tertiary/aromatic N) is 5. The van der Waals surface area contributed by atoms with Crippen LogP contribution in [-0.4, -0.2) is 54.9 Å². The van der Waals surface area contributed by atoms with Crippen LogP contribution in [0.4, 0.5) is 5.88 Å². The number of hydrogen-bond donors (Lipinski definition) is 2. The van der Waals surface area contributed by atoms with E-state index in [9.17, 15) is 14.4 Å². The summed E-state index contributed by atoms with van der Waals surface area (Å²) < 4.78 is 7.11. The van der Waals surface area contributed by atoms with Crippen LogP contribution in [0.2, 0.25) is 5.15 Å². The van der Waals surface area contributed by atoms with Gasteiger partial charge in [0.1, 0.15) is 16.9 Å². The van der Waals surface area contributed by atoms with Crippen LogP contribution in [0, 0.1) is 17.8 Å². The standard InChI is InChI=1S/C26H32ClN7O4/c1-13(2)34-19(9-10-28-34)26(37)33(4)23(22(15-5-6-15)16-7-8-16)25(36)29-21-12-18(32-38-21)14(3)17-11-20(27)30-31-24(17)35/h9-16,22-23H,5-8H2,1-4H3,(H,29,36)(H,31,35). The first kappa shape index (κ1) is 26.1. The SMILES string of the molecule is CC(c1cc(NC(=O)C(C(C2CC2)C2CC2)N(C)C(=O)c2ccnn2C(C)C)on1)c1cc(Cl)n[nH]c1=O. The van der Waals surface area contributed by atoms with E-state index in [1.807, 2.05) is 13.8 Å². The highest BCUT2D eigenvalue weighted by molar-refractivity contribution is 6.29. The van der Waals surface area contributed by atoms with Crippen LogP contribution in [0.3, 0.4) is 0 Å². The summed E-state index contributed by atoms with van der Waals surface area (Å²) in [6.45, 7) is 5.70. The van der Waals surface area contributed by atoms with Gasteiger partial charge in [-0.3, -0.25) is 24.4 Å². The molecule has 0 saturated heterocycles. The smallest absolute Gasteiger partial charge is 0.272 e. The van der Waals surface area contributed by atoms with Gasteiger partial charge in [0.25, 0.3) is 11.5 Å². The molecule has 3 aromatic rings. The molecule has 2 unspecified atom stereocenters. The second kappa shape index (κ2) is 10.4. The number of likely N-dealkylation sites (N-methyl/N-ethyl adjacent to an activating group) is 1. The Hall–Kier alpha value is -3.47. The maximum Gasteiger partial charge on any atom is 0.272 e. The molecule has 0 spiro atoms. The molecule has 0 aliphatic heterocycles. The van der Waals surface area contributed by atoms with Gasteiger partial charge in [-0.2, -0.15) is 10.2 Å². The summed E-state index contributed by atoms with van der Waals surface area (Å²) in [7, 11) is 1.69. The van der Waals surface area contributed by atoms with Crippen molar-refractivity contribution in [2.45, 2.75) is 64.5 Å². The van der Waals surface area contributed by atoms with Gasteiger partial charge < -0.3 is 9.42 Å². The number of carbonyl (C=O) groups is 2. The largest absolute Gasteiger partial charge is 0.338 e. The fourth-order valence-corrected chi connectivity index (χ4v) is 5.46. The fraction of sp³-hybridized carbons (Fsp3) is 0.538. The van der Waals surface area contributed by atoms with Crippen LogP contribution >= 0.6 is 11.6 Å². The van der Waals surface area contributed by atoms with Crippen molar-refractivity contribution in [3.8, 4) is 0 Å². The molecule has 2 saturated carbocycles. The number of halogens is 1. The molecule has 0 radical (unpaired) electrons. The van der Waals surface area contributed by atoms with E-state index in [0.717, 1.165) is 25.7 Å². The molecule has 2 aliphatic carbocycles. The zero-order valence-corrected chi connectivity index (χ0v) is 22.6. The van der Waals surface area contributed by atoms with E-state index in [1.165, 1.54) is 6.07 Å². The lowest BCUT2D eigenvalue weighted by Crippen LogP contribution is -2.51. The molecular weight excluding hydrogens is 510 g/mol. The molecule has 2 amide bonds. The minimum absolute atomic E-state index is 0.00408. The van der Waals surface area contributed by atoms with Gasteiger partial charge in [-0.05, 0) is 69.4 Å². The number of carbonyl (C=O) groups excluding carboxylic acids is 2. The number of hydrogen-bond acceptors (Lipinski definition) is 7. The Morgan fingerprint density at radius 1 is 1.18 bits per heavy atom. The Morgan fingerprint density at radius 2 is 1.87 bits per heavy atom. The molecule has 3 heterocycles. The molecule has 2 atom stereocenters. The van der Waals surface area contributed by atoms with E-state index < -0.39 is 12.0 Å². The number of amides is 2. The van der Waals surface area contributed by atoms with E-state index in [-0.39, 0.29) is 40.4 Å². The Bertz CT molecular complexity index is 1380. The third-order valence-corrected chi connectivity index (χ3v) is 7.76. The third kappa shape index (κ3) is 5.24. The summed E-state index contributed by atoms with van der Waals surface area (Å²) in [4.78, 5) is 41.2. The lowest BCUT2D eigenvalue weighted by Gasteiger charge is -2.34. The van der Waals surface area contributed by atoms with E-state index in [2.05, 4.69) is 25.8 Å². The minimum atomic E-state index is -0.675. The van der Waals surface area contributed by atoms with Gasteiger partial charge in [-0.25, -0.2) is 5.10 Å². The maximum atomic E-state index is 13.8. The summed E-state index contributed by atoms with van der Waals surface area (Å²) in [6, 6.07) is 4.09. The first-order valence-corrected chi connectivity index (χ1v) is 13.4. The summed E-state index contributed by atoms with van der Waals surface area (Å²) in [5, 5.41) is 17.4. The molecule has 3 aromatic heterocycles. The second-order valence-corrected chi connectivity index (χ2v) is 11.1. The third-order valence-electron chi connectivity index (χ3n) is 7.57. The van der Waals surface area contributed by atoms with Crippen molar-refractivity contribution >= 4 is 29.3 Å². The van der Waals surface area contributed by atoms with Crippen LogP contribution in [-0.2, 0) is 4.79 Å². The number of aromatic amines is 1. The molecule has 2 aliphatic rings. The maximum absolute atomic E-state index is 13.8. The lowest BCUT2D eigenvalue weighted by molar-refractivity contribution is -0.122. The lowest BCUT2D eigenvalue weighted by atomic mass is 9.87. The Labute approximate surface area is 224 Å². The first-order chi connectivity index (χ1) is 18.2. The van der Waals surface area contributed by atoms with Gasteiger partial charge >= 0.3 is 0 Å². The topological polar surface area (TPSA) is 139 Å². The van der Waals surface area contributed by atoms with Gasteiger partial charge in [-0.15, -0.1) is 0 Å². The van der Waals surface area contributed by atoms with Crippen molar-refractivity contribution in [1.29, 1.82) is 0 Å². The number of rotatable bonds is 10. The van der Waals surface area contributed by atoms with Crippen LogP contribution in [0.15, 0.2) is 33.7 Å². The van der Waals surface area contributed by atoms with Crippen molar-refractivity contribution < 1.29 is 14.1 Å². The number of anilines is 1. The summed E-state index contributed by atoms with van der Waals surface area (Å²) in [5.41, 5.74) is 0.898. The van der Waals surface area contributed by atoms with E-state index in [4.69, 9.17) is 16.1 Å². The molecule has 2 N–H and O–H groups in total. The number of nitrogens with one attached hydrogen (secondary N) is 2. The number of H-pyrrole nitrogens is 1. The van der Waals surface area contributed by atoms with Crippen molar-refractivity contribution in [2.75, 3.05) is 12.4 Å². The van der Waals surface area contributed by atoms with Gasteiger partial charge in [-0.1, -0.05) is 23.7 Å². The summed E-state index contributed by atoms with van der Waals surface area (Å²) in [5.74, 6) is 0.0310. The summed E-state index contributed by atoms with van der Waals surface area (Å²) >= 11 is 5.95. The van der Waals surface area contributed by atoms with Gasteiger partial charge in [0, 0.05) is 36.8 Å². The van der Waals surface area contributed by atoms with Crippen LogP contribution in [0.25, 0.3) is 0 Å². The van der Waals surface area contributed by atoms with E-state index in [0.29, 0.717) is 28.8 Å². The molecule has 2 fully saturated rings. The zero-order valence-electron chi connectivity index (χ0n) is 21.8. The molecule has 202 valence electrons. The van der Waals surface area contributed by atoms with Crippen molar-refractivity contribution in [2.24, 2.45) is 17.8 Å². The molecule has 0 aromatic carbocycles. The molecule has 38 heavy (non-hydrogen) atoms. The Morgan fingerprint density at radius 3 is 2.50 bits per heavy atom. The molecule has 12 heteroatoms. The van der Waals surface area contributed by atoms with E-state index >= 15 is 0 Å². The predicted molar refractivity (Wildman–Crippen MR) is 140 cm³/mol. The van der Waals surface area contributed by atoms with Gasteiger partial charge in [0.2, 0.25) is 11.8 Å². The molecule has 5 rings (SSSR count). The van der Waals surface area contributed by atoms with Crippen LogP contribution in [0.5, 0.6) is 0 Å². The molecule has 11 nitrogen and oxygen atoms in total. The Kier molecular flexibility index (Phi) is 7.13. The van der Waals surface area contributed by atoms with Crippen molar-refractivity contribution in [3.63, 3.8) is 0 Å². The normalized spacial score (nSPS) is 17.0. The predicted octanol–water partition coefficient (Wildman–Crippen LogP) is 3.86.